The SMILES string of the molecule is CC(C)C[C@H](NC(=O)C1=CC[C@@H](c2cccc(Br)c2)N(S(=O)(=O)c2ccc(F)cc2)C1c1cccc(Cl)c1)C(N)=O. The van der Waals surface area contributed by atoms with Crippen molar-refractivity contribution in [2.45, 2.75) is 49.7 Å². The van der Waals surface area contributed by atoms with E-state index in [1.165, 1.54) is 16.4 Å². The maximum Gasteiger partial charge on any atom is 0.249 e. The summed E-state index contributed by atoms with van der Waals surface area (Å²) in [6.45, 7) is 3.80. The van der Waals surface area contributed by atoms with Gasteiger partial charge in [-0.2, -0.15) is 4.31 Å². The van der Waals surface area contributed by atoms with Gasteiger partial charge in [0, 0.05) is 15.1 Å². The van der Waals surface area contributed by atoms with Crippen molar-refractivity contribution in [2.24, 2.45) is 11.7 Å². The van der Waals surface area contributed by atoms with Gasteiger partial charge in [0.1, 0.15) is 11.9 Å². The van der Waals surface area contributed by atoms with Gasteiger partial charge in [-0.05, 0) is 78.4 Å². The van der Waals surface area contributed by atoms with Crippen LogP contribution < -0.4 is 11.1 Å². The van der Waals surface area contributed by atoms with Gasteiger partial charge in [0.05, 0.1) is 17.0 Å². The molecule has 3 atom stereocenters. The van der Waals surface area contributed by atoms with Crippen LogP contribution >= 0.6 is 27.5 Å². The molecule has 1 unspecified atom stereocenters. The van der Waals surface area contributed by atoms with E-state index in [9.17, 15) is 22.4 Å². The molecule has 2 amide bonds. The van der Waals surface area contributed by atoms with E-state index < -0.39 is 45.8 Å². The van der Waals surface area contributed by atoms with Crippen molar-refractivity contribution >= 4 is 49.4 Å². The van der Waals surface area contributed by atoms with Gasteiger partial charge in [0.15, 0.2) is 0 Å². The van der Waals surface area contributed by atoms with E-state index in [1.54, 1.807) is 36.4 Å². The van der Waals surface area contributed by atoms with E-state index in [0.717, 1.165) is 16.6 Å². The van der Waals surface area contributed by atoms with E-state index in [2.05, 4.69) is 21.2 Å². The first-order valence-corrected chi connectivity index (χ1v) is 15.6. The zero-order valence-corrected chi connectivity index (χ0v) is 25.6. The molecule has 216 valence electrons. The van der Waals surface area contributed by atoms with Crippen LogP contribution in [0, 0.1) is 11.7 Å². The van der Waals surface area contributed by atoms with Crippen molar-refractivity contribution in [1.82, 2.24) is 9.62 Å². The van der Waals surface area contributed by atoms with Gasteiger partial charge < -0.3 is 11.1 Å². The summed E-state index contributed by atoms with van der Waals surface area (Å²) in [7, 11) is -4.33. The van der Waals surface area contributed by atoms with Crippen molar-refractivity contribution in [1.29, 1.82) is 0 Å². The Morgan fingerprint density at radius 2 is 1.73 bits per heavy atom. The molecule has 3 aromatic rings. The van der Waals surface area contributed by atoms with Crippen LogP contribution in [0.5, 0.6) is 0 Å². The average Bonchev–Trinajstić information content (AvgIpc) is 2.91. The van der Waals surface area contributed by atoms with E-state index in [-0.39, 0.29) is 22.8 Å². The number of amides is 2. The monoisotopic (exact) mass is 661 g/mol. The fourth-order valence-electron chi connectivity index (χ4n) is 4.98. The molecule has 41 heavy (non-hydrogen) atoms. The number of rotatable bonds is 9. The predicted molar refractivity (Wildman–Crippen MR) is 160 cm³/mol. The lowest BCUT2D eigenvalue weighted by Crippen LogP contribution is -2.49. The number of primary amides is 1. The van der Waals surface area contributed by atoms with Crippen LogP contribution in [0.4, 0.5) is 4.39 Å². The van der Waals surface area contributed by atoms with E-state index in [4.69, 9.17) is 17.3 Å². The number of nitrogens with zero attached hydrogens (tertiary/aromatic N) is 1. The number of nitrogens with one attached hydrogen (secondary N) is 1. The number of sulfonamides is 1. The molecule has 1 heterocycles. The molecule has 11 heteroatoms. The second kappa shape index (κ2) is 12.9. The molecule has 0 saturated carbocycles. The molecule has 4 rings (SSSR count). The summed E-state index contributed by atoms with van der Waals surface area (Å²) in [6.07, 6.45) is 2.16. The molecular formula is C30H30BrClFN3O4S. The fourth-order valence-corrected chi connectivity index (χ4v) is 7.38. The first-order chi connectivity index (χ1) is 19.4. The Bertz CT molecular complexity index is 1580. The Labute approximate surface area is 252 Å². The van der Waals surface area contributed by atoms with E-state index >= 15 is 0 Å². The minimum atomic E-state index is -4.33. The molecule has 1 aliphatic rings. The van der Waals surface area contributed by atoms with Gasteiger partial charge in [0.25, 0.3) is 0 Å². The highest BCUT2D eigenvalue weighted by molar-refractivity contribution is 9.10. The molecule has 0 fully saturated rings. The molecule has 0 bridgehead atoms. The molecule has 1 aliphatic heterocycles. The summed E-state index contributed by atoms with van der Waals surface area (Å²) >= 11 is 9.81. The highest BCUT2D eigenvalue weighted by atomic mass is 79.9. The van der Waals surface area contributed by atoms with E-state index in [1.807, 2.05) is 32.0 Å². The minimum absolute atomic E-state index is 0.0631. The third-order valence-electron chi connectivity index (χ3n) is 6.82. The number of benzene rings is 3. The average molecular weight is 663 g/mol. The number of hydrogen-bond acceptors (Lipinski definition) is 4. The molecule has 3 aromatic carbocycles. The largest absolute Gasteiger partial charge is 0.368 e. The van der Waals surface area contributed by atoms with Crippen LogP contribution in [0.15, 0.2) is 93.8 Å². The molecular weight excluding hydrogens is 633 g/mol. The fraction of sp³-hybridized carbons (Fsp3) is 0.267. The van der Waals surface area contributed by atoms with Crippen molar-refractivity contribution in [3.05, 3.63) is 111 Å². The third-order valence-corrected chi connectivity index (χ3v) is 9.44. The van der Waals surface area contributed by atoms with Gasteiger partial charge in [-0.15, -0.1) is 0 Å². The lowest BCUT2D eigenvalue weighted by molar-refractivity contribution is -0.126. The lowest BCUT2D eigenvalue weighted by atomic mass is 9.88. The quantitative estimate of drug-likeness (QED) is 0.290. The highest BCUT2D eigenvalue weighted by Crippen LogP contribution is 2.46. The third kappa shape index (κ3) is 7.06. The van der Waals surface area contributed by atoms with Gasteiger partial charge in [-0.25, -0.2) is 12.8 Å². The number of carbonyl (C=O) groups is 2. The molecule has 0 spiro atoms. The van der Waals surface area contributed by atoms with E-state index in [0.29, 0.717) is 22.6 Å². The maximum absolute atomic E-state index is 14.4. The summed E-state index contributed by atoms with van der Waals surface area (Å²) in [6, 6.07) is 15.6. The molecule has 0 aliphatic carbocycles. The second-order valence-electron chi connectivity index (χ2n) is 10.3. The number of halogens is 3. The predicted octanol–water partition coefficient (Wildman–Crippen LogP) is 6.06. The van der Waals surface area contributed by atoms with Gasteiger partial charge in [0.2, 0.25) is 21.8 Å². The topological polar surface area (TPSA) is 110 Å². The second-order valence-corrected chi connectivity index (χ2v) is 13.5. The number of hydrogen-bond donors (Lipinski definition) is 2. The minimum Gasteiger partial charge on any atom is -0.368 e. The first kappa shape index (κ1) is 30.9. The Balaban J connectivity index is 1.93. The Morgan fingerprint density at radius 3 is 2.34 bits per heavy atom. The summed E-state index contributed by atoms with van der Waals surface area (Å²) < 4.78 is 44.6. The van der Waals surface area contributed by atoms with Crippen LogP contribution in [-0.4, -0.2) is 30.6 Å². The molecule has 3 N–H and O–H groups in total. The van der Waals surface area contributed by atoms with Crippen LogP contribution in [0.25, 0.3) is 0 Å². The Hall–Kier alpha value is -3.05. The van der Waals surface area contributed by atoms with Crippen LogP contribution in [0.2, 0.25) is 5.02 Å². The van der Waals surface area contributed by atoms with Crippen molar-refractivity contribution < 1.29 is 22.4 Å². The zero-order chi connectivity index (χ0) is 29.9. The first-order valence-electron chi connectivity index (χ1n) is 13.0. The van der Waals surface area contributed by atoms with Crippen LogP contribution in [0.1, 0.15) is 49.9 Å². The van der Waals surface area contributed by atoms with Gasteiger partial charge in [-0.3, -0.25) is 9.59 Å². The molecule has 7 nitrogen and oxygen atoms in total. The number of nitrogens with two attached hydrogens (primary N) is 1. The van der Waals surface area contributed by atoms with Gasteiger partial charge in [-0.1, -0.05) is 71.7 Å². The van der Waals surface area contributed by atoms with Crippen LogP contribution in [-0.2, 0) is 19.6 Å². The Kier molecular flexibility index (Phi) is 9.69. The standard InChI is InChI=1S/C30H30BrClFN3O4S/c1-18(2)15-26(29(34)37)35-30(38)25-13-14-27(19-5-3-7-21(31)16-19)36(28(25)20-6-4-8-22(32)17-20)41(39,40)24-11-9-23(33)10-12-24/h3-13,16-18,26-28H,14-15H2,1-2H3,(H2,34,37)(H,35,38)/t26-,27-,28?/m0/s1. The zero-order valence-electron chi connectivity index (χ0n) is 22.4. The molecule has 0 aromatic heterocycles. The number of carbonyl (C=O) groups excluding carboxylic acids is 2. The summed E-state index contributed by atoms with van der Waals surface area (Å²) in [5.41, 5.74) is 6.85. The van der Waals surface area contributed by atoms with Crippen molar-refractivity contribution in [2.75, 3.05) is 0 Å². The summed E-state index contributed by atoms with van der Waals surface area (Å²) in [5, 5.41) is 3.07. The van der Waals surface area contributed by atoms with Crippen molar-refractivity contribution in [3.8, 4) is 0 Å². The maximum atomic E-state index is 14.4. The smallest absolute Gasteiger partial charge is 0.249 e. The van der Waals surface area contributed by atoms with Crippen LogP contribution in [0.3, 0.4) is 0 Å². The summed E-state index contributed by atoms with van der Waals surface area (Å²) in [5.74, 6) is -1.83. The normalized spacial score (nSPS) is 18.5. The van der Waals surface area contributed by atoms with Crippen molar-refractivity contribution in [3.63, 3.8) is 0 Å². The Morgan fingerprint density at radius 1 is 1.07 bits per heavy atom. The van der Waals surface area contributed by atoms with Gasteiger partial charge >= 0.3 is 0 Å². The molecule has 0 radical (unpaired) electrons. The molecule has 0 saturated heterocycles. The lowest BCUT2D eigenvalue weighted by Gasteiger charge is -2.41. The highest BCUT2D eigenvalue weighted by Gasteiger charge is 2.45. The summed E-state index contributed by atoms with van der Waals surface area (Å²) in [4.78, 5) is 25.9.